The lowest BCUT2D eigenvalue weighted by molar-refractivity contribution is -0.00678. The van der Waals surface area contributed by atoms with E-state index in [1.54, 1.807) is 18.6 Å². The molecular weight excluding hydrogens is 423 g/mol. The van der Waals surface area contributed by atoms with Crippen molar-refractivity contribution in [2.24, 2.45) is 5.41 Å². The summed E-state index contributed by atoms with van der Waals surface area (Å²) in [5.41, 5.74) is 1.60. The highest BCUT2D eigenvalue weighted by Crippen LogP contribution is 2.47. The van der Waals surface area contributed by atoms with Gasteiger partial charge in [0.05, 0.1) is 18.1 Å². The van der Waals surface area contributed by atoms with Gasteiger partial charge in [-0.1, -0.05) is 0 Å². The van der Waals surface area contributed by atoms with Crippen molar-refractivity contribution in [3.05, 3.63) is 36.7 Å². The number of anilines is 1. The van der Waals surface area contributed by atoms with Gasteiger partial charge in [0.2, 0.25) is 0 Å². The van der Waals surface area contributed by atoms with Crippen LogP contribution in [0.1, 0.15) is 32.1 Å². The van der Waals surface area contributed by atoms with Gasteiger partial charge >= 0.3 is 6.09 Å². The summed E-state index contributed by atoms with van der Waals surface area (Å²) >= 11 is 0. The van der Waals surface area contributed by atoms with E-state index in [0.29, 0.717) is 17.3 Å². The number of carbonyl (C=O) groups is 1. The van der Waals surface area contributed by atoms with Crippen molar-refractivity contribution >= 4 is 11.9 Å². The fourth-order valence-electron chi connectivity index (χ4n) is 5.68. The Bertz CT molecular complexity index is 1020. The van der Waals surface area contributed by atoms with Crippen LogP contribution in [0.25, 0.3) is 11.3 Å². The maximum absolute atomic E-state index is 14.0. The fraction of sp³-hybridized carbons (Fsp3) is 0.583. The van der Waals surface area contributed by atoms with E-state index in [-0.39, 0.29) is 23.4 Å². The van der Waals surface area contributed by atoms with E-state index < -0.39 is 0 Å². The number of halogens is 1. The van der Waals surface area contributed by atoms with E-state index in [9.17, 15) is 9.18 Å². The third-order valence-electron chi connectivity index (χ3n) is 7.58. The molecule has 33 heavy (non-hydrogen) atoms. The highest BCUT2D eigenvalue weighted by atomic mass is 19.1. The summed E-state index contributed by atoms with van der Waals surface area (Å²) in [6.45, 7) is 5.27. The van der Waals surface area contributed by atoms with Crippen LogP contribution in [0.5, 0.6) is 0 Å². The molecule has 4 heterocycles. The molecule has 8 nitrogen and oxygen atoms in total. The van der Waals surface area contributed by atoms with Crippen LogP contribution in [-0.4, -0.2) is 82.3 Å². The van der Waals surface area contributed by atoms with E-state index in [2.05, 4.69) is 24.8 Å². The molecular formula is C24H29FN6O2. The summed E-state index contributed by atoms with van der Waals surface area (Å²) < 4.78 is 19.4. The van der Waals surface area contributed by atoms with Crippen molar-refractivity contribution in [2.45, 2.75) is 44.2 Å². The average molecular weight is 453 g/mol. The number of hydrogen-bond donors (Lipinski definition) is 0. The summed E-state index contributed by atoms with van der Waals surface area (Å²) in [4.78, 5) is 31.8. The van der Waals surface area contributed by atoms with Crippen molar-refractivity contribution in [3.63, 3.8) is 0 Å². The van der Waals surface area contributed by atoms with Crippen LogP contribution in [0.2, 0.25) is 0 Å². The van der Waals surface area contributed by atoms with Crippen molar-refractivity contribution in [1.82, 2.24) is 24.8 Å². The molecule has 6 rings (SSSR count). The summed E-state index contributed by atoms with van der Waals surface area (Å²) in [6, 6.07) is 2.06. The number of carbonyl (C=O) groups excluding carboxylic acids is 1. The molecule has 4 aliphatic rings. The lowest BCUT2D eigenvalue weighted by Gasteiger charge is -2.48. The second kappa shape index (κ2) is 8.20. The van der Waals surface area contributed by atoms with Crippen LogP contribution < -0.4 is 4.90 Å². The van der Waals surface area contributed by atoms with E-state index in [1.807, 2.05) is 4.90 Å². The Labute approximate surface area is 192 Å². The molecule has 9 heteroatoms. The van der Waals surface area contributed by atoms with E-state index in [0.717, 1.165) is 64.3 Å². The summed E-state index contributed by atoms with van der Waals surface area (Å²) in [5, 5.41) is 0. The maximum Gasteiger partial charge on any atom is 0.410 e. The molecule has 0 unspecified atom stereocenters. The largest absolute Gasteiger partial charge is 0.446 e. The number of amides is 1. The van der Waals surface area contributed by atoms with Crippen LogP contribution in [0.3, 0.4) is 0 Å². The minimum atomic E-state index is -0.371. The predicted octanol–water partition coefficient (Wildman–Crippen LogP) is 2.95. The first-order valence-corrected chi connectivity index (χ1v) is 12.0. The molecule has 2 aromatic heterocycles. The minimum absolute atomic E-state index is 0.120. The molecule has 0 aromatic carbocycles. The monoisotopic (exact) mass is 452 g/mol. The molecule has 0 bridgehead atoms. The van der Waals surface area contributed by atoms with E-state index in [4.69, 9.17) is 4.74 Å². The molecule has 174 valence electrons. The summed E-state index contributed by atoms with van der Waals surface area (Å²) in [7, 11) is 0. The van der Waals surface area contributed by atoms with Gasteiger partial charge in [-0.25, -0.2) is 14.2 Å². The molecule has 1 amide bonds. The third-order valence-corrected chi connectivity index (χ3v) is 7.58. The molecule has 2 aromatic rings. The molecule has 1 spiro atoms. The number of likely N-dealkylation sites (tertiary alicyclic amines) is 1. The van der Waals surface area contributed by atoms with Crippen molar-refractivity contribution < 1.29 is 13.9 Å². The Balaban J connectivity index is 1.06. The third kappa shape index (κ3) is 4.14. The molecule has 2 saturated heterocycles. The minimum Gasteiger partial charge on any atom is -0.446 e. The van der Waals surface area contributed by atoms with Gasteiger partial charge in [0, 0.05) is 68.7 Å². The number of nitrogens with zero attached hydrogens (tertiary/aromatic N) is 6. The van der Waals surface area contributed by atoms with Crippen molar-refractivity contribution in [3.8, 4) is 11.3 Å². The Hall–Kier alpha value is -2.81. The van der Waals surface area contributed by atoms with Crippen LogP contribution >= 0.6 is 0 Å². The smallest absolute Gasteiger partial charge is 0.410 e. The van der Waals surface area contributed by atoms with Crippen molar-refractivity contribution in [1.29, 1.82) is 0 Å². The average Bonchev–Trinajstić information content (AvgIpc) is 3.52. The number of hydrogen-bond acceptors (Lipinski definition) is 7. The first-order valence-electron chi connectivity index (χ1n) is 12.0. The number of pyridine rings is 1. The first kappa shape index (κ1) is 20.8. The highest BCUT2D eigenvalue weighted by molar-refractivity contribution is 5.73. The summed E-state index contributed by atoms with van der Waals surface area (Å²) in [6.07, 6.45) is 11.8. The van der Waals surface area contributed by atoms with Gasteiger partial charge in [0.1, 0.15) is 17.7 Å². The molecule has 1 atom stereocenters. The van der Waals surface area contributed by atoms with Crippen LogP contribution in [0.15, 0.2) is 30.9 Å². The zero-order chi connectivity index (χ0) is 22.4. The van der Waals surface area contributed by atoms with Gasteiger partial charge in [0.15, 0.2) is 0 Å². The van der Waals surface area contributed by atoms with Gasteiger partial charge in [-0.2, -0.15) is 0 Å². The highest BCUT2D eigenvalue weighted by Gasteiger charge is 2.51. The molecule has 2 aliphatic carbocycles. The van der Waals surface area contributed by atoms with Gasteiger partial charge in [-0.3, -0.25) is 14.9 Å². The Morgan fingerprint density at radius 1 is 1.06 bits per heavy atom. The standard InChI is InChI=1S/C24H29FN6O2/c25-17-11-20(21-14-26-5-6-27-21)22(28-13-17)30-9-7-29(8-10-30)18-3-4-24(12-18)15-31(16-24)23(32)33-19-1-2-19/h5-6,11,13-14,18-19H,1-4,7-10,12,15-16H2/t18-/m1/s1. The van der Waals surface area contributed by atoms with Gasteiger partial charge < -0.3 is 14.5 Å². The lowest BCUT2D eigenvalue weighted by Crippen LogP contribution is -2.58. The lowest BCUT2D eigenvalue weighted by atomic mass is 9.78. The Kier molecular flexibility index (Phi) is 5.16. The summed E-state index contributed by atoms with van der Waals surface area (Å²) in [5.74, 6) is 0.396. The number of rotatable bonds is 4. The SMILES string of the molecule is O=C(OC1CC1)N1CC2(CC[C@@H](N3CCN(c4ncc(F)cc4-c4cnccn4)CC3)C2)C1. The topological polar surface area (TPSA) is 74.7 Å². The van der Waals surface area contributed by atoms with Gasteiger partial charge in [-0.05, 0) is 38.2 Å². The van der Waals surface area contributed by atoms with E-state index >= 15 is 0 Å². The number of ether oxygens (including phenoxy) is 1. The zero-order valence-electron chi connectivity index (χ0n) is 18.7. The normalized spacial score (nSPS) is 24.7. The fourth-order valence-corrected chi connectivity index (χ4v) is 5.68. The zero-order valence-corrected chi connectivity index (χ0v) is 18.7. The molecule has 0 radical (unpaired) electrons. The maximum atomic E-state index is 14.0. The predicted molar refractivity (Wildman–Crippen MR) is 120 cm³/mol. The molecule has 0 N–H and O–H groups in total. The van der Waals surface area contributed by atoms with Crippen LogP contribution in [0, 0.1) is 11.2 Å². The van der Waals surface area contributed by atoms with Gasteiger partial charge in [0.25, 0.3) is 0 Å². The molecule has 2 aliphatic heterocycles. The quantitative estimate of drug-likeness (QED) is 0.706. The molecule has 2 saturated carbocycles. The Morgan fingerprint density at radius 3 is 2.61 bits per heavy atom. The van der Waals surface area contributed by atoms with Crippen LogP contribution in [0.4, 0.5) is 15.0 Å². The number of piperazine rings is 1. The van der Waals surface area contributed by atoms with Crippen molar-refractivity contribution in [2.75, 3.05) is 44.2 Å². The second-order valence-electron chi connectivity index (χ2n) is 9.97. The first-order chi connectivity index (χ1) is 16.1. The number of aromatic nitrogens is 3. The Morgan fingerprint density at radius 2 is 1.88 bits per heavy atom. The van der Waals surface area contributed by atoms with E-state index in [1.165, 1.54) is 25.1 Å². The van der Waals surface area contributed by atoms with Crippen LogP contribution in [-0.2, 0) is 4.74 Å². The van der Waals surface area contributed by atoms with Gasteiger partial charge in [-0.15, -0.1) is 0 Å². The molecule has 4 fully saturated rings. The second-order valence-corrected chi connectivity index (χ2v) is 9.97.